The van der Waals surface area contributed by atoms with Gasteiger partial charge in [0.2, 0.25) is 0 Å². The standard InChI is InChI=1S/C15H29N3O2/c1-15(2,20)14(19)18-7-5-4-6-13(12-18)17-10-8-16(3)9-11-17/h13,20H,4-12H2,1-3H3. The molecule has 1 unspecified atom stereocenters. The first-order chi connectivity index (χ1) is 9.38. The molecule has 116 valence electrons. The summed E-state index contributed by atoms with van der Waals surface area (Å²) in [4.78, 5) is 19.1. The molecular formula is C15H29N3O2. The topological polar surface area (TPSA) is 47.0 Å². The van der Waals surface area contributed by atoms with Crippen LogP contribution in [0, 0.1) is 0 Å². The minimum absolute atomic E-state index is 0.126. The van der Waals surface area contributed by atoms with Crippen molar-refractivity contribution in [2.45, 2.75) is 44.8 Å². The number of likely N-dealkylation sites (tertiary alicyclic amines) is 1. The Morgan fingerprint density at radius 2 is 1.75 bits per heavy atom. The fraction of sp³-hybridized carbons (Fsp3) is 0.933. The zero-order chi connectivity index (χ0) is 14.8. The summed E-state index contributed by atoms with van der Waals surface area (Å²) in [5, 5.41) is 9.95. The summed E-state index contributed by atoms with van der Waals surface area (Å²) in [6.07, 6.45) is 3.39. The van der Waals surface area contributed by atoms with Crippen molar-refractivity contribution in [1.29, 1.82) is 0 Å². The predicted octanol–water partition coefficient (Wildman–Crippen LogP) is 0.386. The zero-order valence-electron chi connectivity index (χ0n) is 13.1. The van der Waals surface area contributed by atoms with Gasteiger partial charge in [-0.3, -0.25) is 9.69 Å². The average molecular weight is 283 g/mol. The number of aliphatic hydroxyl groups is 1. The Morgan fingerprint density at radius 1 is 1.10 bits per heavy atom. The van der Waals surface area contributed by atoms with Crippen LogP contribution in [-0.2, 0) is 4.79 Å². The Hall–Kier alpha value is -0.650. The highest BCUT2D eigenvalue weighted by atomic mass is 16.3. The Kier molecular flexibility index (Phi) is 5.04. The van der Waals surface area contributed by atoms with Gasteiger partial charge in [0, 0.05) is 45.3 Å². The molecule has 2 aliphatic heterocycles. The molecule has 0 bridgehead atoms. The first kappa shape index (κ1) is 15.7. The van der Waals surface area contributed by atoms with E-state index in [1.807, 2.05) is 4.90 Å². The minimum Gasteiger partial charge on any atom is -0.381 e. The van der Waals surface area contributed by atoms with Crippen LogP contribution in [0.4, 0.5) is 0 Å². The summed E-state index contributed by atoms with van der Waals surface area (Å²) >= 11 is 0. The lowest BCUT2D eigenvalue weighted by molar-refractivity contribution is -0.148. The van der Waals surface area contributed by atoms with E-state index in [-0.39, 0.29) is 5.91 Å². The van der Waals surface area contributed by atoms with Gasteiger partial charge < -0.3 is 14.9 Å². The molecule has 1 atom stereocenters. The number of amides is 1. The summed E-state index contributed by atoms with van der Waals surface area (Å²) in [6.45, 7) is 9.12. The van der Waals surface area contributed by atoms with Crippen molar-refractivity contribution in [1.82, 2.24) is 14.7 Å². The largest absolute Gasteiger partial charge is 0.381 e. The van der Waals surface area contributed by atoms with Crippen LogP contribution < -0.4 is 0 Å². The van der Waals surface area contributed by atoms with Crippen LogP contribution >= 0.6 is 0 Å². The quantitative estimate of drug-likeness (QED) is 0.796. The number of piperazine rings is 1. The second kappa shape index (κ2) is 6.41. The molecule has 5 nitrogen and oxygen atoms in total. The Balaban J connectivity index is 1.98. The molecule has 0 saturated carbocycles. The van der Waals surface area contributed by atoms with Gasteiger partial charge in [-0.2, -0.15) is 0 Å². The first-order valence-corrected chi connectivity index (χ1v) is 7.82. The first-order valence-electron chi connectivity index (χ1n) is 7.82. The Bertz CT molecular complexity index is 333. The number of hydrogen-bond acceptors (Lipinski definition) is 4. The molecule has 5 heteroatoms. The molecule has 1 amide bonds. The van der Waals surface area contributed by atoms with Gasteiger partial charge in [0.1, 0.15) is 5.60 Å². The summed E-state index contributed by atoms with van der Waals surface area (Å²) in [7, 11) is 2.16. The van der Waals surface area contributed by atoms with Crippen LogP contribution in [0.1, 0.15) is 33.1 Å². The SMILES string of the molecule is CN1CCN(C2CCCCN(C(=O)C(C)(C)O)C2)CC1. The van der Waals surface area contributed by atoms with Crippen LogP contribution in [0.3, 0.4) is 0 Å². The van der Waals surface area contributed by atoms with E-state index in [0.29, 0.717) is 6.04 Å². The number of carbonyl (C=O) groups excluding carboxylic acids is 1. The molecule has 0 aliphatic carbocycles. The van der Waals surface area contributed by atoms with Crippen LogP contribution in [0.15, 0.2) is 0 Å². The van der Waals surface area contributed by atoms with E-state index in [1.54, 1.807) is 13.8 Å². The fourth-order valence-corrected chi connectivity index (χ4v) is 3.18. The maximum atomic E-state index is 12.3. The third-order valence-electron chi connectivity index (χ3n) is 4.51. The molecule has 2 rings (SSSR count). The van der Waals surface area contributed by atoms with Crippen LogP contribution in [0.2, 0.25) is 0 Å². The van der Waals surface area contributed by atoms with E-state index in [9.17, 15) is 9.90 Å². The summed E-state index contributed by atoms with van der Waals surface area (Å²) in [5.74, 6) is -0.126. The molecule has 0 spiro atoms. The lowest BCUT2D eigenvalue weighted by atomic mass is 10.1. The lowest BCUT2D eigenvalue weighted by Gasteiger charge is -2.39. The molecule has 0 radical (unpaired) electrons. The molecule has 1 N–H and O–H groups in total. The fourth-order valence-electron chi connectivity index (χ4n) is 3.18. The second-order valence-corrected chi connectivity index (χ2v) is 6.80. The van der Waals surface area contributed by atoms with Crippen LogP contribution in [0.5, 0.6) is 0 Å². The van der Waals surface area contributed by atoms with Gasteiger partial charge in [-0.05, 0) is 33.7 Å². The van der Waals surface area contributed by atoms with E-state index in [0.717, 1.165) is 45.7 Å². The Labute approximate surface area is 122 Å². The van der Waals surface area contributed by atoms with Crippen molar-refractivity contribution < 1.29 is 9.90 Å². The maximum Gasteiger partial charge on any atom is 0.254 e. The van der Waals surface area contributed by atoms with Crippen molar-refractivity contribution in [3.63, 3.8) is 0 Å². The summed E-state index contributed by atoms with van der Waals surface area (Å²) < 4.78 is 0. The van der Waals surface area contributed by atoms with E-state index in [1.165, 1.54) is 12.8 Å². The molecule has 20 heavy (non-hydrogen) atoms. The van der Waals surface area contributed by atoms with Crippen molar-refractivity contribution in [2.75, 3.05) is 46.3 Å². The van der Waals surface area contributed by atoms with Gasteiger partial charge in [0.15, 0.2) is 0 Å². The van der Waals surface area contributed by atoms with Gasteiger partial charge in [-0.25, -0.2) is 0 Å². The number of carbonyl (C=O) groups is 1. The number of hydrogen-bond donors (Lipinski definition) is 1. The highest BCUT2D eigenvalue weighted by Crippen LogP contribution is 2.19. The minimum atomic E-state index is -1.25. The highest BCUT2D eigenvalue weighted by molar-refractivity contribution is 5.84. The monoisotopic (exact) mass is 283 g/mol. The van der Waals surface area contributed by atoms with E-state index >= 15 is 0 Å². The van der Waals surface area contributed by atoms with E-state index in [4.69, 9.17) is 0 Å². The van der Waals surface area contributed by atoms with Crippen LogP contribution in [-0.4, -0.2) is 83.7 Å². The third-order valence-corrected chi connectivity index (χ3v) is 4.51. The lowest BCUT2D eigenvalue weighted by Crippen LogP contribution is -2.54. The second-order valence-electron chi connectivity index (χ2n) is 6.80. The van der Waals surface area contributed by atoms with Crippen LogP contribution in [0.25, 0.3) is 0 Å². The summed E-state index contributed by atoms with van der Waals surface area (Å²) in [6, 6.07) is 0.456. The molecule has 2 heterocycles. The average Bonchev–Trinajstić information content (AvgIpc) is 2.63. The highest BCUT2D eigenvalue weighted by Gasteiger charge is 2.33. The molecule has 2 fully saturated rings. The Morgan fingerprint density at radius 3 is 2.35 bits per heavy atom. The number of rotatable bonds is 2. The predicted molar refractivity (Wildman–Crippen MR) is 79.6 cm³/mol. The molecule has 0 aromatic carbocycles. The molecular weight excluding hydrogens is 254 g/mol. The normalized spacial score (nSPS) is 27.4. The van der Waals surface area contributed by atoms with Gasteiger partial charge >= 0.3 is 0 Å². The van der Waals surface area contributed by atoms with Gasteiger partial charge in [-0.15, -0.1) is 0 Å². The molecule has 2 saturated heterocycles. The van der Waals surface area contributed by atoms with Gasteiger partial charge in [-0.1, -0.05) is 6.42 Å². The maximum absolute atomic E-state index is 12.3. The van der Waals surface area contributed by atoms with E-state index < -0.39 is 5.60 Å². The molecule has 2 aliphatic rings. The van der Waals surface area contributed by atoms with Gasteiger partial charge in [0.25, 0.3) is 5.91 Å². The van der Waals surface area contributed by atoms with Crippen molar-refractivity contribution in [3.8, 4) is 0 Å². The van der Waals surface area contributed by atoms with Gasteiger partial charge in [0.05, 0.1) is 0 Å². The summed E-state index contributed by atoms with van der Waals surface area (Å²) in [5.41, 5.74) is -1.25. The third kappa shape index (κ3) is 3.93. The van der Waals surface area contributed by atoms with Crippen molar-refractivity contribution in [3.05, 3.63) is 0 Å². The van der Waals surface area contributed by atoms with Crippen molar-refractivity contribution >= 4 is 5.91 Å². The van der Waals surface area contributed by atoms with E-state index in [2.05, 4.69) is 16.8 Å². The number of likely N-dealkylation sites (N-methyl/N-ethyl adjacent to an activating group) is 1. The molecule has 0 aromatic heterocycles. The number of nitrogens with zero attached hydrogens (tertiary/aromatic N) is 3. The zero-order valence-corrected chi connectivity index (χ0v) is 13.1. The molecule has 0 aromatic rings. The van der Waals surface area contributed by atoms with Crippen molar-refractivity contribution in [2.24, 2.45) is 0 Å². The smallest absolute Gasteiger partial charge is 0.254 e.